The van der Waals surface area contributed by atoms with Crippen LogP contribution in [0.4, 0.5) is 0 Å². The molecule has 3 amide bonds. The van der Waals surface area contributed by atoms with Crippen molar-refractivity contribution in [1.82, 2.24) is 34.6 Å². The monoisotopic (exact) mass is 934 g/mol. The van der Waals surface area contributed by atoms with Crippen LogP contribution in [-0.4, -0.2) is 144 Å². The molecular formula is C33H42GdN7O15-3. The minimum absolute atomic E-state index is 0. The number of pyridine rings is 3. The number of carbonyl (C=O) groups excluding carboxylic acids is 3. The molecule has 3 heterocycles. The number of rotatable bonds is 21. The maximum absolute atomic E-state index is 13.1. The van der Waals surface area contributed by atoms with Crippen molar-refractivity contribution in [3.63, 3.8) is 0 Å². The molecule has 3 aromatic rings. The summed E-state index contributed by atoms with van der Waals surface area (Å²) in [6.45, 7) is -4.07. The quantitative estimate of drug-likeness (QED) is 0.0479. The molecule has 0 saturated heterocycles. The van der Waals surface area contributed by atoms with E-state index in [4.69, 9.17) is 0 Å². The SMILES string of the molecule is O=C(NCCN(CCNC(=O)c1c([O-])c(=O)ccn1CC(O)CO)CCNC(=O)c1c([O-])c(=O)ccn1CC(O)CO)c1c([O-])c(=O)ccn1CC(O)CO.[Gd]. The van der Waals surface area contributed by atoms with Gasteiger partial charge in [-0.2, -0.15) is 0 Å². The Kier molecular flexibility index (Phi) is 19.7. The van der Waals surface area contributed by atoms with Gasteiger partial charge in [-0.05, 0) is 17.2 Å². The molecule has 0 aliphatic rings. The van der Waals surface area contributed by atoms with Gasteiger partial charge in [0.2, 0.25) is 0 Å². The number of nitrogens with zero attached hydrogens (tertiary/aromatic N) is 4. The van der Waals surface area contributed by atoms with Crippen molar-refractivity contribution in [2.75, 3.05) is 59.1 Å². The summed E-state index contributed by atoms with van der Waals surface area (Å²) in [5.41, 5.74) is -4.85. The molecule has 0 spiro atoms. The largest absolute Gasteiger partial charge is 0.868 e. The first-order valence-corrected chi connectivity index (χ1v) is 16.8. The second-order valence-electron chi connectivity index (χ2n) is 12.1. The zero-order valence-corrected chi connectivity index (χ0v) is 31.9. The minimum atomic E-state index is -1.36. The fourth-order valence-electron chi connectivity index (χ4n) is 5.25. The predicted octanol–water partition coefficient (Wildman–Crippen LogP) is -7.66. The van der Waals surface area contributed by atoms with Crippen molar-refractivity contribution in [1.29, 1.82) is 0 Å². The molecule has 0 aromatic carbocycles. The Balaban J connectivity index is 0.0000108. The minimum Gasteiger partial charge on any atom is -0.868 e. The second-order valence-corrected chi connectivity index (χ2v) is 12.1. The fourth-order valence-corrected chi connectivity index (χ4v) is 5.25. The van der Waals surface area contributed by atoms with E-state index in [1.54, 1.807) is 4.90 Å². The molecule has 0 aliphatic heterocycles. The van der Waals surface area contributed by atoms with E-state index >= 15 is 0 Å². The molecule has 56 heavy (non-hydrogen) atoms. The Morgan fingerprint density at radius 3 is 1.04 bits per heavy atom. The summed E-state index contributed by atoms with van der Waals surface area (Å²) in [6, 6.07) is 2.69. The van der Waals surface area contributed by atoms with Gasteiger partial charge in [0, 0.05) is 116 Å². The molecule has 0 saturated carbocycles. The van der Waals surface area contributed by atoms with Crippen LogP contribution in [0.15, 0.2) is 51.2 Å². The third kappa shape index (κ3) is 13.1. The number of amides is 3. The molecule has 9 N–H and O–H groups in total. The number of hydrogen-bond donors (Lipinski definition) is 9. The summed E-state index contributed by atoms with van der Waals surface area (Å²) >= 11 is 0. The van der Waals surface area contributed by atoms with Crippen LogP contribution in [0.2, 0.25) is 0 Å². The van der Waals surface area contributed by atoms with E-state index in [-0.39, 0.29) is 79.2 Å². The van der Waals surface area contributed by atoms with E-state index in [2.05, 4.69) is 16.0 Å². The van der Waals surface area contributed by atoms with E-state index in [1.165, 1.54) is 0 Å². The first-order chi connectivity index (χ1) is 26.1. The normalized spacial score (nSPS) is 12.7. The van der Waals surface area contributed by atoms with Crippen LogP contribution in [0, 0.1) is 39.9 Å². The molecule has 0 fully saturated rings. The number of carbonyl (C=O) groups is 3. The van der Waals surface area contributed by atoms with Gasteiger partial charge >= 0.3 is 0 Å². The van der Waals surface area contributed by atoms with Gasteiger partial charge in [-0.25, -0.2) is 0 Å². The molecule has 0 aliphatic carbocycles. The van der Waals surface area contributed by atoms with Crippen LogP contribution in [0.3, 0.4) is 0 Å². The number of nitrogens with one attached hydrogen (secondary N) is 3. The molecule has 0 radical (unpaired) electrons. The maximum atomic E-state index is 13.1. The van der Waals surface area contributed by atoms with Crippen LogP contribution in [0.25, 0.3) is 0 Å². The Morgan fingerprint density at radius 2 is 0.804 bits per heavy atom. The Bertz CT molecular complexity index is 1760. The van der Waals surface area contributed by atoms with Crippen molar-refractivity contribution >= 4 is 17.7 Å². The molecule has 22 nitrogen and oxygen atoms in total. The topological polar surface area (TPSA) is 347 Å². The molecule has 3 rings (SSSR count). The van der Waals surface area contributed by atoms with Crippen molar-refractivity contribution in [2.45, 2.75) is 37.9 Å². The summed E-state index contributed by atoms with van der Waals surface area (Å²) in [6.07, 6.45) is -0.781. The van der Waals surface area contributed by atoms with E-state index in [9.17, 15) is 74.7 Å². The standard InChI is InChI=1S/C33H45N7O15.Gd/c41-16-19(44)13-38-7-1-22(47)28(50)25(38)31(53)34-4-10-37(11-5-35-32(54)26-29(51)23(48)2-8-39(26)14-20(45)17-42)12-6-36-33(55)27-30(52)24(49)3-9-40(27)15-21(46)18-43;/h1-3,7-9,19-21,41-46,50-52H,4-6,10-18H2,(H,34,53)(H,35,54)(H,36,55);/p-3. The van der Waals surface area contributed by atoms with Gasteiger partial charge in [0.15, 0.2) is 16.3 Å². The average Bonchev–Trinajstić information content (AvgIpc) is 3.15. The Labute approximate surface area is 349 Å². The van der Waals surface area contributed by atoms with Crippen molar-refractivity contribution < 1.29 is 100 Å². The summed E-state index contributed by atoms with van der Waals surface area (Å²) in [4.78, 5) is 76.8. The summed E-state index contributed by atoms with van der Waals surface area (Å²) in [5, 5.41) is 102. The van der Waals surface area contributed by atoms with Gasteiger partial charge < -0.3 is 75.6 Å². The Morgan fingerprint density at radius 1 is 0.554 bits per heavy atom. The van der Waals surface area contributed by atoms with Gasteiger partial charge in [0.1, 0.15) is 17.1 Å². The average molecular weight is 934 g/mol. The first kappa shape index (κ1) is 47.9. The molecule has 3 atom stereocenters. The summed E-state index contributed by atoms with van der Waals surface area (Å²) in [5.74, 6) is -6.50. The van der Waals surface area contributed by atoms with Crippen molar-refractivity contribution in [3.8, 4) is 17.2 Å². The van der Waals surface area contributed by atoms with Crippen molar-refractivity contribution in [3.05, 3.63) is 84.5 Å². The van der Waals surface area contributed by atoms with Crippen LogP contribution in [0.1, 0.15) is 31.5 Å². The van der Waals surface area contributed by atoms with E-state index in [0.717, 1.165) is 50.5 Å². The number of hydrogen-bond acceptors (Lipinski definition) is 16. The molecule has 3 aromatic heterocycles. The van der Waals surface area contributed by atoms with Crippen molar-refractivity contribution in [2.24, 2.45) is 0 Å². The van der Waals surface area contributed by atoms with Crippen LogP contribution in [0.5, 0.6) is 17.2 Å². The summed E-state index contributed by atoms with van der Waals surface area (Å²) in [7, 11) is 0. The summed E-state index contributed by atoms with van der Waals surface area (Å²) < 4.78 is 3.01. The zero-order chi connectivity index (χ0) is 40.8. The fraction of sp³-hybridized carbons (Fsp3) is 0.455. The van der Waals surface area contributed by atoms with Gasteiger partial charge in [0.05, 0.1) is 57.8 Å². The zero-order valence-electron chi connectivity index (χ0n) is 29.7. The smallest absolute Gasteiger partial charge is 0.267 e. The third-order valence-electron chi connectivity index (χ3n) is 8.04. The molecule has 3 unspecified atom stereocenters. The van der Waals surface area contributed by atoms with E-state index < -0.39 is 126 Å². The van der Waals surface area contributed by atoms with E-state index in [0.29, 0.717) is 0 Å². The predicted molar refractivity (Wildman–Crippen MR) is 183 cm³/mol. The van der Waals surface area contributed by atoms with Crippen LogP contribution < -0.4 is 47.6 Å². The van der Waals surface area contributed by atoms with Crippen LogP contribution in [-0.2, 0) is 19.6 Å². The van der Waals surface area contributed by atoms with E-state index in [1.807, 2.05) is 0 Å². The molecule has 23 heteroatoms. The van der Waals surface area contributed by atoms with Gasteiger partial charge in [-0.3, -0.25) is 33.7 Å². The molecular weight excluding hydrogens is 892 g/mol. The maximum Gasteiger partial charge on any atom is 0.267 e. The third-order valence-corrected chi connectivity index (χ3v) is 8.04. The molecule has 0 bridgehead atoms. The number of aromatic nitrogens is 3. The molecule has 310 valence electrons. The van der Waals surface area contributed by atoms with Gasteiger partial charge in [-0.1, -0.05) is 0 Å². The number of aliphatic hydroxyl groups is 6. The number of aliphatic hydroxyl groups excluding tert-OH is 6. The Hall–Kier alpha value is -4.30. The second kappa shape index (κ2) is 23.1. The first-order valence-electron chi connectivity index (χ1n) is 16.8. The van der Waals surface area contributed by atoms with Crippen LogP contribution >= 0.6 is 0 Å². The van der Waals surface area contributed by atoms with Gasteiger partial charge in [0.25, 0.3) is 17.7 Å². The van der Waals surface area contributed by atoms with Gasteiger partial charge in [-0.15, -0.1) is 0 Å².